The molecule has 0 aliphatic carbocycles. The SMILES string of the molecule is COc1nc(NN)nc(N2CCCCCCC2)n1. The van der Waals surface area contributed by atoms with Crippen LogP contribution >= 0.6 is 0 Å². The first-order valence-electron chi connectivity index (χ1n) is 6.35. The van der Waals surface area contributed by atoms with Crippen LogP contribution in [0.3, 0.4) is 0 Å². The Bertz CT molecular complexity index is 356. The van der Waals surface area contributed by atoms with Crippen molar-refractivity contribution in [2.75, 3.05) is 30.5 Å². The summed E-state index contributed by atoms with van der Waals surface area (Å²) in [6.07, 6.45) is 6.18. The molecule has 0 aromatic carbocycles. The molecule has 0 amide bonds. The summed E-state index contributed by atoms with van der Waals surface area (Å²) in [6, 6.07) is 0.287. The number of ether oxygens (including phenoxy) is 1. The molecule has 0 spiro atoms. The van der Waals surface area contributed by atoms with Crippen LogP contribution in [0, 0.1) is 0 Å². The molecule has 7 nitrogen and oxygen atoms in total. The molecule has 1 aromatic heterocycles. The van der Waals surface area contributed by atoms with Crippen LogP contribution in [-0.2, 0) is 0 Å². The summed E-state index contributed by atoms with van der Waals surface area (Å²) >= 11 is 0. The highest BCUT2D eigenvalue weighted by Gasteiger charge is 2.14. The van der Waals surface area contributed by atoms with Crippen LogP contribution in [0.4, 0.5) is 11.9 Å². The molecule has 0 bridgehead atoms. The van der Waals surface area contributed by atoms with E-state index in [1.165, 1.54) is 39.2 Å². The van der Waals surface area contributed by atoms with Crippen LogP contribution in [0.5, 0.6) is 6.01 Å². The van der Waals surface area contributed by atoms with Crippen molar-refractivity contribution in [3.63, 3.8) is 0 Å². The zero-order valence-corrected chi connectivity index (χ0v) is 10.7. The number of rotatable bonds is 3. The highest BCUT2D eigenvalue weighted by atomic mass is 16.5. The van der Waals surface area contributed by atoms with E-state index in [1.54, 1.807) is 0 Å². The van der Waals surface area contributed by atoms with Gasteiger partial charge in [-0.2, -0.15) is 15.0 Å². The van der Waals surface area contributed by atoms with E-state index >= 15 is 0 Å². The van der Waals surface area contributed by atoms with Gasteiger partial charge < -0.3 is 9.64 Å². The highest BCUT2D eigenvalue weighted by molar-refractivity contribution is 5.37. The number of methoxy groups -OCH3 is 1. The first-order valence-corrected chi connectivity index (χ1v) is 6.35. The number of nitrogens with zero attached hydrogens (tertiary/aromatic N) is 4. The highest BCUT2D eigenvalue weighted by Crippen LogP contribution is 2.18. The first-order chi connectivity index (χ1) is 8.83. The van der Waals surface area contributed by atoms with Crippen molar-refractivity contribution in [1.82, 2.24) is 15.0 Å². The summed E-state index contributed by atoms with van der Waals surface area (Å²) in [5.74, 6) is 6.32. The van der Waals surface area contributed by atoms with Crippen molar-refractivity contribution in [2.45, 2.75) is 32.1 Å². The third-order valence-electron chi connectivity index (χ3n) is 3.05. The Balaban J connectivity index is 2.18. The maximum absolute atomic E-state index is 5.35. The molecule has 0 radical (unpaired) electrons. The van der Waals surface area contributed by atoms with Gasteiger partial charge in [0.05, 0.1) is 7.11 Å². The molecule has 1 aliphatic rings. The van der Waals surface area contributed by atoms with Crippen molar-refractivity contribution in [3.8, 4) is 6.01 Å². The Morgan fingerprint density at radius 1 is 1.06 bits per heavy atom. The van der Waals surface area contributed by atoms with E-state index in [0.29, 0.717) is 11.9 Å². The average molecular weight is 252 g/mol. The molecule has 100 valence electrons. The topological polar surface area (TPSA) is 89.2 Å². The molecule has 1 aromatic rings. The number of nitrogens with two attached hydrogens (primary N) is 1. The van der Waals surface area contributed by atoms with E-state index in [4.69, 9.17) is 10.6 Å². The van der Waals surface area contributed by atoms with Gasteiger partial charge in [-0.05, 0) is 12.8 Å². The smallest absolute Gasteiger partial charge is 0.322 e. The fourth-order valence-electron chi connectivity index (χ4n) is 2.09. The molecule has 3 N–H and O–H groups in total. The summed E-state index contributed by atoms with van der Waals surface area (Å²) < 4.78 is 5.06. The Morgan fingerprint density at radius 3 is 2.33 bits per heavy atom. The van der Waals surface area contributed by atoms with Gasteiger partial charge in [0, 0.05) is 13.1 Å². The Morgan fingerprint density at radius 2 is 1.72 bits per heavy atom. The summed E-state index contributed by atoms with van der Waals surface area (Å²) in [5, 5.41) is 0. The number of anilines is 2. The second kappa shape index (κ2) is 6.34. The van der Waals surface area contributed by atoms with Crippen molar-refractivity contribution in [2.24, 2.45) is 5.84 Å². The first kappa shape index (κ1) is 12.8. The van der Waals surface area contributed by atoms with E-state index in [9.17, 15) is 0 Å². The Hall–Kier alpha value is -1.63. The molecule has 0 atom stereocenters. The van der Waals surface area contributed by atoms with Crippen LogP contribution in [0.2, 0.25) is 0 Å². The van der Waals surface area contributed by atoms with Gasteiger partial charge in [-0.25, -0.2) is 5.84 Å². The maximum Gasteiger partial charge on any atom is 0.322 e. The number of aromatic nitrogens is 3. The zero-order valence-electron chi connectivity index (χ0n) is 10.7. The van der Waals surface area contributed by atoms with Gasteiger partial charge in [-0.1, -0.05) is 19.3 Å². The summed E-state index contributed by atoms with van der Waals surface area (Å²) in [4.78, 5) is 14.7. The molecule has 2 rings (SSSR count). The average Bonchev–Trinajstić information content (AvgIpc) is 2.37. The maximum atomic E-state index is 5.35. The zero-order chi connectivity index (χ0) is 12.8. The minimum Gasteiger partial charge on any atom is -0.467 e. The number of nitrogens with one attached hydrogen (secondary N) is 1. The van der Waals surface area contributed by atoms with Gasteiger partial charge in [0.1, 0.15) is 0 Å². The number of hydrazine groups is 1. The van der Waals surface area contributed by atoms with Crippen LogP contribution < -0.4 is 20.9 Å². The van der Waals surface area contributed by atoms with Crippen molar-refractivity contribution in [1.29, 1.82) is 0 Å². The second-order valence-corrected chi connectivity index (χ2v) is 4.34. The lowest BCUT2D eigenvalue weighted by Crippen LogP contribution is -2.29. The van der Waals surface area contributed by atoms with Crippen LogP contribution in [0.25, 0.3) is 0 Å². The van der Waals surface area contributed by atoms with Gasteiger partial charge in [0.25, 0.3) is 0 Å². The molecule has 18 heavy (non-hydrogen) atoms. The largest absolute Gasteiger partial charge is 0.467 e. The summed E-state index contributed by atoms with van der Waals surface area (Å²) in [7, 11) is 1.53. The summed E-state index contributed by atoms with van der Waals surface area (Å²) in [6.45, 7) is 1.94. The predicted molar refractivity (Wildman–Crippen MR) is 69.5 cm³/mol. The van der Waals surface area contributed by atoms with Gasteiger partial charge in [0.2, 0.25) is 11.9 Å². The Kier molecular flexibility index (Phi) is 4.52. The molecule has 1 fully saturated rings. The summed E-state index contributed by atoms with van der Waals surface area (Å²) in [5.41, 5.74) is 2.44. The molecule has 1 saturated heterocycles. The minimum absolute atomic E-state index is 0.287. The predicted octanol–water partition coefficient (Wildman–Crippen LogP) is 0.936. The van der Waals surface area contributed by atoms with E-state index in [-0.39, 0.29) is 6.01 Å². The lowest BCUT2D eigenvalue weighted by atomic mass is 10.1. The molecule has 2 heterocycles. The lowest BCUT2D eigenvalue weighted by Gasteiger charge is -2.24. The van der Waals surface area contributed by atoms with Crippen molar-refractivity contribution in [3.05, 3.63) is 0 Å². The van der Waals surface area contributed by atoms with Gasteiger partial charge in [-0.15, -0.1) is 0 Å². The van der Waals surface area contributed by atoms with Crippen LogP contribution in [0.1, 0.15) is 32.1 Å². The molecular weight excluding hydrogens is 232 g/mol. The van der Waals surface area contributed by atoms with E-state index in [2.05, 4.69) is 25.3 Å². The quantitative estimate of drug-likeness (QED) is 0.611. The standard InChI is InChI=1S/C11H20N6O/c1-18-11-14-9(16-12)13-10(15-11)17-7-5-3-2-4-6-8-17/h2-8,12H2,1H3,(H,13,14,15,16). The third kappa shape index (κ3) is 3.19. The molecule has 0 unspecified atom stereocenters. The lowest BCUT2D eigenvalue weighted by molar-refractivity contribution is 0.378. The fourth-order valence-corrected chi connectivity index (χ4v) is 2.09. The van der Waals surface area contributed by atoms with E-state index < -0.39 is 0 Å². The van der Waals surface area contributed by atoms with Crippen LogP contribution in [-0.4, -0.2) is 35.2 Å². The number of hydrogen-bond acceptors (Lipinski definition) is 7. The number of nitrogen functional groups attached to an aromatic ring is 1. The third-order valence-corrected chi connectivity index (χ3v) is 3.05. The molecule has 7 heteroatoms. The molecule has 1 aliphatic heterocycles. The van der Waals surface area contributed by atoms with Crippen molar-refractivity contribution < 1.29 is 4.74 Å². The van der Waals surface area contributed by atoms with Gasteiger partial charge in [0.15, 0.2) is 0 Å². The van der Waals surface area contributed by atoms with Gasteiger partial charge in [-0.3, -0.25) is 5.43 Å². The van der Waals surface area contributed by atoms with E-state index in [0.717, 1.165) is 13.1 Å². The molecular formula is C11H20N6O. The van der Waals surface area contributed by atoms with Crippen molar-refractivity contribution >= 4 is 11.9 Å². The fraction of sp³-hybridized carbons (Fsp3) is 0.727. The molecule has 0 saturated carbocycles. The minimum atomic E-state index is 0.287. The Labute approximate surface area is 107 Å². The number of hydrogen-bond donors (Lipinski definition) is 2. The van der Waals surface area contributed by atoms with Gasteiger partial charge >= 0.3 is 6.01 Å². The normalized spacial score (nSPS) is 16.9. The monoisotopic (exact) mass is 252 g/mol. The van der Waals surface area contributed by atoms with E-state index in [1.807, 2.05) is 0 Å². The second-order valence-electron chi connectivity index (χ2n) is 4.34. The van der Waals surface area contributed by atoms with Crippen LogP contribution in [0.15, 0.2) is 0 Å².